The van der Waals surface area contributed by atoms with Crippen LogP contribution >= 0.6 is 24.0 Å². The number of guanidine groups is 1. The minimum absolute atomic E-state index is 0. The molecule has 1 aliphatic carbocycles. The second kappa shape index (κ2) is 10.2. The van der Waals surface area contributed by atoms with Crippen molar-refractivity contribution in [2.75, 3.05) is 25.2 Å². The van der Waals surface area contributed by atoms with E-state index < -0.39 is 10.0 Å². The van der Waals surface area contributed by atoms with Crippen LogP contribution in [0.25, 0.3) is 0 Å². The van der Waals surface area contributed by atoms with Crippen molar-refractivity contribution in [3.63, 3.8) is 0 Å². The van der Waals surface area contributed by atoms with Gasteiger partial charge >= 0.3 is 0 Å². The number of anilines is 1. The van der Waals surface area contributed by atoms with Crippen LogP contribution in [-0.2, 0) is 10.0 Å². The molecule has 9 heteroatoms. The van der Waals surface area contributed by atoms with Gasteiger partial charge in [0.25, 0.3) is 0 Å². The van der Waals surface area contributed by atoms with Crippen molar-refractivity contribution >= 4 is 45.6 Å². The maximum atomic E-state index is 11.5. The Balaban J connectivity index is 0.00000312. The van der Waals surface area contributed by atoms with Gasteiger partial charge in [-0.05, 0) is 30.9 Å². The molecular weight excluding hydrogens is 455 g/mol. The van der Waals surface area contributed by atoms with Crippen LogP contribution in [0.2, 0.25) is 0 Å². The number of hydrogen-bond donors (Lipinski definition) is 3. The molecule has 2 atom stereocenters. The van der Waals surface area contributed by atoms with Gasteiger partial charge in [-0.15, -0.1) is 24.0 Å². The van der Waals surface area contributed by atoms with E-state index >= 15 is 0 Å². The van der Waals surface area contributed by atoms with Crippen LogP contribution in [0, 0.1) is 5.92 Å². The molecule has 4 N–H and O–H groups in total. The number of nitrogens with zero attached hydrogens (tertiary/aromatic N) is 1. The van der Waals surface area contributed by atoms with Crippen LogP contribution in [0.4, 0.5) is 5.69 Å². The lowest BCUT2D eigenvalue weighted by Crippen LogP contribution is -2.43. The highest BCUT2D eigenvalue weighted by atomic mass is 127. The number of aliphatic imine (C=N–C) groups is 1. The first-order valence-corrected chi connectivity index (χ1v) is 9.95. The Morgan fingerprint density at radius 3 is 2.76 bits per heavy atom. The molecule has 0 radical (unpaired) electrons. The highest BCUT2D eigenvalue weighted by Gasteiger charge is 2.27. The minimum atomic E-state index is -3.21. The van der Waals surface area contributed by atoms with Crippen molar-refractivity contribution in [1.82, 2.24) is 4.72 Å². The zero-order valence-electron chi connectivity index (χ0n) is 14.6. The number of ether oxygens (including phenoxy) is 1. The Morgan fingerprint density at radius 2 is 2.08 bits per heavy atom. The Kier molecular flexibility index (Phi) is 8.94. The normalized spacial score (nSPS) is 21.3. The topological polar surface area (TPSA) is 106 Å². The maximum absolute atomic E-state index is 11.5. The Bertz CT molecular complexity index is 682. The fourth-order valence-electron chi connectivity index (χ4n) is 2.96. The van der Waals surface area contributed by atoms with E-state index in [1.54, 1.807) is 7.11 Å². The predicted molar refractivity (Wildman–Crippen MR) is 112 cm³/mol. The lowest BCUT2D eigenvalue weighted by molar-refractivity contribution is 0.297. The monoisotopic (exact) mass is 482 g/mol. The van der Waals surface area contributed by atoms with E-state index in [0.717, 1.165) is 37.1 Å². The smallest absolute Gasteiger partial charge is 0.208 e. The highest BCUT2D eigenvalue weighted by Crippen LogP contribution is 2.25. The summed E-state index contributed by atoms with van der Waals surface area (Å²) in [5.74, 6) is 1.21. The molecule has 0 amide bonds. The summed E-state index contributed by atoms with van der Waals surface area (Å²) >= 11 is 0. The van der Waals surface area contributed by atoms with Gasteiger partial charge in [0.15, 0.2) is 5.96 Å². The molecule has 2 unspecified atom stereocenters. The van der Waals surface area contributed by atoms with Gasteiger partial charge < -0.3 is 15.8 Å². The molecule has 0 saturated heterocycles. The molecule has 0 aromatic heterocycles. The van der Waals surface area contributed by atoms with Crippen molar-refractivity contribution in [1.29, 1.82) is 0 Å². The number of nitrogens with one attached hydrogen (secondary N) is 2. The molecule has 1 fully saturated rings. The van der Waals surface area contributed by atoms with Crippen LogP contribution in [0.15, 0.2) is 29.3 Å². The molecule has 1 saturated carbocycles. The zero-order valence-corrected chi connectivity index (χ0v) is 17.7. The van der Waals surface area contributed by atoms with Crippen molar-refractivity contribution in [3.05, 3.63) is 24.3 Å². The van der Waals surface area contributed by atoms with Crippen LogP contribution in [0.1, 0.15) is 25.7 Å². The summed E-state index contributed by atoms with van der Waals surface area (Å²) in [5.41, 5.74) is 6.74. The second-order valence-corrected chi connectivity index (χ2v) is 7.90. The molecule has 2 rings (SSSR count). The summed E-state index contributed by atoms with van der Waals surface area (Å²) in [6, 6.07) is 7.35. The average molecular weight is 482 g/mol. The van der Waals surface area contributed by atoms with E-state index in [9.17, 15) is 8.42 Å². The van der Waals surface area contributed by atoms with Crippen LogP contribution in [-0.4, -0.2) is 40.3 Å². The molecule has 0 heterocycles. The van der Waals surface area contributed by atoms with E-state index in [-0.39, 0.29) is 35.9 Å². The number of sulfonamides is 1. The van der Waals surface area contributed by atoms with Gasteiger partial charge in [0.05, 0.1) is 13.4 Å². The van der Waals surface area contributed by atoms with E-state index in [2.05, 4.69) is 15.0 Å². The molecule has 142 valence electrons. The fraction of sp³-hybridized carbons (Fsp3) is 0.562. The molecule has 0 aliphatic heterocycles. The van der Waals surface area contributed by atoms with Gasteiger partial charge in [0, 0.05) is 24.3 Å². The van der Waals surface area contributed by atoms with Crippen molar-refractivity contribution in [2.24, 2.45) is 16.6 Å². The summed E-state index contributed by atoms with van der Waals surface area (Å²) in [6.45, 7) is 0.496. The van der Waals surface area contributed by atoms with E-state index in [1.807, 2.05) is 24.3 Å². The largest absolute Gasteiger partial charge is 0.497 e. The Hall–Kier alpha value is -1.07. The highest BCUT2D eigenvalue weighted by molar-refractivity contribution is 14.0. The SMILES string of the molecule is COc1cccc(NC(N)=NCC2CCCCC2NS(C)(=O)=O)c1.I. The van der Waals surface area contributed by atoms with Crippen LogP contribution in [0.3, 0.4) is 0 Å². The van der Waals surface area contributed by atoms with Gasteiger partial charge in [-0.2, -0.15) is 0 Å². The predicted octanol–water partition coefficient (Wildman–Crippen LogP) is 2.15. The van der Waals surface area contributed by atoms with Crippen LogP contribution < -0.4 is 20.5 Å². The summed E-state index contributed by atoms with van der Waals surface area (Å²) in [4.78, 5) is 4.39. The van der Waals surface area contributed by atoms with Crippen molar-refractivity contribution in [2.45, 2.75) is 31.7 Å². The first kappa shape index (κ1) is 22.0. The zero-order chi connectivity index (χ0) is 17.6. The van der Waals surface area contributed by atoms with Gasteiger partial charge in [0.1, 0.15) is 5.75 Å². The molecule has 25 heavy (non-hydrogen) atoms. The standard InChI is InChI=1S/C16H26N4O3S.HI/c1-23-14-8-5-7-13(10-14)19-16(17)18-11-12-6-3-4-9-15(12)20-24(2,21)22;/h5,7-8,10,12,15,20H,3-4,6,9,11H2,1-2H3,(H3,17,18,19);1H. The number of hydrogen-bond acceptors (Lipinski definition) is 4. The van der Waals surface area contributed by atoms with Gasteiger partial charge in [-0.3, -0.25) is 4.99 Å². The number of benzene rings is 1. The lowest BCUT2D eigenvalue weighted by atomic mass is 9.85. The van der Waals surface area contributed by atoms with E-state index in [1.165, 1.54) is 6.26 Å². The number of rotatable bonds is 6. The third-order valence-electron chi connectivity index (χ3n) is 4.11. The molecule has 1 aliphatic rings. The molecular formula is C16H27IN4O3S. The first-order valence-electron chi connectivity index (χ1n) is 8.05. The van der Waals surface area contributed by atoms with Gasteiger partial charge in [0.2, 0.25) is 10.0 Å². The Labute approximate surface area is 166 Å². The van der Waals surface area contributed by atoms with Gasteiger partial charge in [-0.1, -0.05) is 18.9 Å². The summed E-state index contributed by atoms with van der Waals surface area (Å²) in [5, 5.41) is 3.03. The van der Waals surface area contributed by atoms with Crippen LogP contribution in [0.5, 0.6) is 5.75 Å². The van der Waals surface area contributed by atoms with E-state index in [4.69, 9.17) is 10.5 Å². The average Bonchev–Trinajstić information content (AvgIpc) is 2.53. The maximum Gasteiger partial charge on any atom is 0.208 e. The van der Waals surface area contributed by atoms with Gasteiger partial charge in [-0.25, -0.2) is 13.1 Å². The Morgan fingerprint density at radius 1 is 1.36 bits per heavy atom. The number of nitrogens with two attached hydrogens (primary N) is 1. The quantitative estimate of drug-likeness (QED) is 0.328. The minimum Gasteiger partial charge on any atom is -0.497 e. The molecule has 0 bridgehead atoms. The fourth-order valence-corrected chi connectivity index (χ4v) is 3.82. The summed E-state index contributed by atoms with van der Waals surface area (Å²) in [6.07, 6.45) is 5.11. The lowest BCUT2D eigenvalue weighted by Gasteiger charge is -2.30. The molecule has 1 aromatic rings. The molecule has 7 nitrogen and oxygen atoms in total. The second-order valence-electron chi connectivity index (χ2n) is 6.12. The number of methoxy groups -OCH3 is 1. The first-order chi connectivity index (χ1) is 11.4. The molecule has 1 aromatic carbocycles. The summed E-state index contributed by atoms with van der Waals surface area (Å²) < 4.78 is 30.9. The van der Waals surface area contributed by atoms with E-state index in [0.29, 0.717) is 12.5 Å². The summed E-state index contributed by atoms with van der Waals surface area (Å²) in [7, 11) is -1.60. The third-order valence-corrected chi connectivity index (χ3v) is 4.84. The van der Waals surface area contributed by atoms with Crippen molar-refractivity contribution < 1.29 is 13.2 Å². The number of halogens is 1. The molecule has 0 spiro atoms. The van der Waals surface area contributed by atoms with Crippen molar-refractivity contribution in [3.8, 4) is 5.75 Å². The third kappa shape index (κ3) is 7.78.